The molecule has 10 heteroatoms. The molecule has 0 aliphatic carbocycles. The van der Waals surface area contributed by atoms with Crippen molar-refractivity contribution in [3.63, 3.8) is 0 Å². The van der Waals surface area contributed by atoms with Gasteiger partial charge in [0.1, 0.15) is 0 Å². The highest BCUT2D eigenvalue weighted by Crippen LogP contribution is 2.32. The fraction of sp³-hybridized carbons (Fsp3) is 0.250. The number of thioether (sulfide) groups is 1. The molecule has 2 N–H and O–H groups in total. The quantitative estimate of drug-likeness (QED) is 0.381. The monoisotopic (exact) mass is 491 g/mol. The summed E-state index contributed by atoms with van der Waals surface area (Å²) >= 11 is 4.65. The molecule has 3 rings (SSSR count). The number of ether oxygens (including phenoxy) is 2. The summed E-state index contributed by atoms with van der Waals surface area (Å²) in [6.45, 7) is 0.527. The summed E-state index contributed by atoms with van der Waals surface area (Å²) in [5.41, 5.74) is 1.78. The lowest BCUT2D eigenvalue weighted by Crippen LogP contribution is -2.28. The summed E-state index contributed by atoms with van der Waals surface area (Å²) in [6, 6.07) is 13.2. The van der Waals surface area contributed by atoms with E-state index in [0.29, 0.717) is 29.0 Å². The third-order valence-electron chi connectivity index (χ3n) is 4.39. The van der Waals surface area contributed by atoms with Crippen LogP contribution in [0.1, 0.15) is 5.56 Å². The first-order valence-electron chi connectivity index (χ1n) is 8.97. The van der Waals surface area contributed by atoms with Crippen LogP contribution in [0.2, 0.25) is 0 Å². The summed E-state index contributed by atoms with van der Waals surface area (Å²) < 4.78 is 12.9. The number of rotatable bonds is 8. The third-order valence-corrected chi connectivity index (χ3v) is 5.85. The lowest BCUT2D eigenvalue weighted by Gasteiger charge is -2.17. The Kier molecular flexibility index (Phi) is 7.22. The van der Waals surface area contributed by atoms with Crippen LogP contribution in [0.5, 0.6) is 11.5 Å². The molecule has 158 valence electrons. The van der Waals surface area contributed by atoms with Gasteiger partial charge in [0.2, 0.25) is 11.1 Å². The van der Waals surface area contributed by atoms with Gasteiger partial charge in [0.15, 0.2) is 17.3 Å². The van der Waals surface area contributed by atoms with Gasteiger partial charge in [0.25, 0.3) is 0 Å². The highest BCUT2D eigenvalue weighted by molar-refractivity contribution is 9.10. The van der Waals surface area contributed by atoms with Gasteiger partial charge >= 0.3 is 0 Å². The fourth-order valence-corrected chi connectivity index (χ4v) is 3.80. The predicted molar refractivity (Wildman–Crippen MR) is 120 cm³/mol. The minimum Gasteiger partial charge on any atom is -0.493 e. The molecule has 1 heterocycles. The Morgan fingerprint density at radius 1 is 1.13 bits per heavy atom. The first kappa shape index (κ1) is 22.0. The zero-order chi connectivity index (χ0) is 21.7. The zero-order valence-corrected chi connectivity index (χ0v) is 19.2. The van der Waals surface area contributed by atoms with E-state index in [0.717, 1.165) is 15.6 Å². The maximum Gasteiger partial charge on any atom is 0.233 e. The summed E-state index contributed by atoms with van der Waals surface area (Å²) in [7, 11) is 4.90. The molecule has 2 aromatic carbocycles. The van der Waals surface area contributed by atoms with Gasteiger partial charge in [-0.25, -0.2) is 4.68 Å². The summed E-state index contributed by atoms with van der Waals surface area (Å²) in [6.07, 6.45) is 0. The van der Waals surface area contributed by atoms with E-state index in [2.05, 4.69) is 26.1 Å². The van der Waals surface area contributed by atoms with Crippen molar-refractivity contribution in [3.8, 4) is 22.9 Å². The SMILES string of the molecule is COc1ccc(-c2nnc(SCC(=O)N(C)Cc3ccc(Br)cc3)n2N)cc1OC. The number of aromatic nitrogens is 3. The van der Waals surface area contributed by atoms with E-state index in [9.17, 15) is 4.79 Å². The normalized spacial score (nSPS) is 10.7. The van der Waals surface area contributed by atoms with Crippen molar-refractivity contribution in [1.29, 1.82) is 0 Å². The predicted octanol–water partition coefficient (Wildman–Crippen LogP) is 3.19. The lowest BCUT2D eigenvalue weighted by molar-refractivity contribution is -0.127. The Labute approximate surface area is 187 Å². The van der Waals surface area contributed by atoms with E-state index in [-0.39, 0.29) is 11.7 Å². The van der Waals surface area contributed by atoms with Gasteiger partial charge in [-0.1, -0.05) is 39.8 Å². The molecule has 3 aromatic rings. The van der Waals surface area contributed by atoms with Gasteiger partial charge < -0.3 is 20.2 Å². The maximum atomic E-state index is 12.5. The number of halogens is 1. The zero-order valence-electron chi connectivity index (χ0n) is 16.8. The van der Waals surface area contributed by atoms with Crippen LogP contribution >= 0.6 is 27.7 Å². The number of nitrogen functional groups attached to an aromatic ring is 1. The average molecular weight is 492 g/mol. The second-order valence-corrected chi connectivity index (χ2v) is 8.27. The van der Waals surface area contributed by atoms with Crippen LogP contribution in [-0.4, -0.2) is 52.7 Å². The van der Waals surface area contributed by atoms with E-state index >= 15 is 0 Å². The van der Waals surface area contributed by atoms with Crippen molar-refractivity contribution >= 4 is 33.6 Å². The van der Waals surface area contributed by atoms with Gasteiger partial charge in [-0.15, -0.1) is 10.2 Å². The van der Waals surface area contributed by atoms with Crippen molar-refractivity contribution in [3.05, 3.63) is 52.5 Å². The molecule has 0 saturated carbocycles. The number of nitrogens with two attached hydrogens (primary N) is 1. The largest absolute Gasteiger partial charge is 0.493 e. The van der Waals surface area contributed by atoms with E-state index in [1.807, 2.05) is 30.3 Å². The number of hydrogen-bond donors (Lipinski definition) is 1. The average Bonchev–Trinajstić information content (AvgIpc) is 3.13. The molecule has 0 aliphatic rings. The molecule has 0 spiro atoms. The van der Waals surface area contributed by atoms with Crippen molar-refractivity contribution in [2.24, 2.45) is 0 Å². The minimum absolute atomic E-state index is 0.0291. The third kappa shape index (κ3) is 5.06. The van der Waals surface area contributed by atoms with E-state index < -0.39 is 0 Å². The molecule has 0 saturated heterocycles. The van der Waals surface area contributed by atoms with Crippen LogP contribution in [-0.2, 0) is 11.3 Å². The molecule has 0 radical (unpaired) electrons. The van der Waals surface area contributed by atoms with E-state index in [4.69, 9.17) is 15.3 Å². The van der Waals surface area contributed by atoms with Crippen molar-refractivity contribution in [2.45, 2.75) is 11.7 Å². The van der Waals surface area contributed by atoms with Gasteiger partial charge in [-0.05, 0) is 35.9 Å². The fourth-order valence-electron chi connectivity index (χ4n) is 2.74. The number of amides is 1. The van der Waals surface area contributed by atoms with Crippen LogP contribution in [0.4, 0.5) is 0 Å². The molecular formula is C20H22BrN5O3S. The maximum absolute atomic E-state index is 12.5. The Balaban J connectivity index is 1.65. The van der Waals surface area contributed by atoms with Gasteiger partial charge in [-0.3, -0.25) is 4.79 Å². The number of nitrogens with zero attached hydrogens (tertiary/aromatic N) is 4. The molecule has 0 aliphatic heterocycles. The molecule has 0 atom stereocenters. The minimum atomic E-state index is -0.0291. The smallest absolute Gasteiger partial charge is 0.233 e. The van der Waals surface area contributed by atoms with Gasteiger partial charge in [-0.2, -0.15) is 0 Å². The number of carbonyl (C=O) groups is 1. The molecule has 1 aromatic heterocycles. The van der Waals surface area contributed by atoms with E-state index in [1.54, 1.807) is 38.3 Å². The van der Waals surface area contributed by atoms with Crippen molar-refractivity contribution < 1.29 is 14.3 Å². The second kappa shape index (κ2) is 9.86. The van der Waals surface area contributed by atoms with Crippen LogP contribution in [0.15, 0.2) is 52.1 Å². The Bertz CT molecular complexity index is 1030. The van der Waals surface area contributed by atoms with Crippen LogP contribution < -0.4 is 15.3 Å². The Morgan fingerprint density at radius 3 is 2.50 bits per heavy atom. The molecule has 0 fully saturated rings. The van der Waals surface area contributed by atoms with Crippen LogP contribution in [0.3, 0.4) is 0 Å². The molecule has 30 heavy (non-hydrogen) atoms. The van der Waals surface area contributed by atoms with Crippen molar-refractivity contribution in [1.82, 2.24) is 19.8 Å². The molecule has 0 unspecified atom stereocenters. The molecule has 8 nitrogen and oxygen atoms in total. The lowest BCUT2D eigenvalue weighted by atomic mass is 10.2. The number of carbonyl (C=O) groups excluding carboxylic acids is 1. The summed E-state index contributed by atoms with van der Waals surface area (Å²) in [4.78, 5) is 14.2. The standard InChI is InChI=1S/C20H22BrN5O3S/c1-25(11-13-4-7-15(21)8-5-13)18(27)12-30-20-24-23-19(26(20)22)14-6-9-16(28-2)17(10-14)29-3/h4-10H,11-12,22H2,1-3H3. The molecule has 0 bridgehead atoms. The topological polar surface area (TPSA) is 95.5 Å². The highest BCUT2D eigenvalue weighted by atomic mass is 79.9. The highest BCUT2D eigenvalue weighted by Gasteiger charge is 2.17. The first-order valence-corrected chi connectivity index (χ1v) is 10.7. The Morgan fingerprint density at radius 2 is 1.83 bits per heavy atom. The van der Waals surface area contributed by atoms with Gasteiger partial charge in [0, 0.05) is 23.6 Å². The molecule has 1 amide bonds. The number of hydrogen-bond acceptors (Lipinski definition) is 7. The van der Waals surface area contributed by atoms with Crippen LogP contribution in [0, 0.1) is 0 Å². The molecular weight excluding hydrogens is 470 g/mol. The van der Waals surface area contributed by atoms with Crippen LogP contribution in [0.25, 0.3) is 11.4 Å². The Hall–Kier alpha value is -2.72. The first-order chi connectivity index (χ1) is 14.4. The summed E-state index contributed by atoms with van der Waals surface area (Å²) in [5, 5.41) is 8.72. The summed E-state index contributed by atoms with van der Waals surface area (Å²) in [5.74, 6) is 7.98. The van der Waals surface area contributed by atoms with Gasteiger partial charge in [0.05, 0.1) is 20.0 Å². The second-order valence-electron chi connectivity index (χ2n) is 6.41. The number of benzene rings is 2. The van der Waals surface area contributed by atoms with E-state index in [1.165, 1.54) is 16.4 Å². The van der Waals surface area contributed by atoms with Crippen molar-refractivity contribution in [2.75, 3.05) is 32.9 Å². The number of methoxy groups -OCH3 is 2.